The van der Waals surface area contributed by atoms with E-state index in [1.807, 2.05) is 0 Å². The molecular formula is C15H23FN2O2. The summed E-state index contributed by atoms with van der Waals surface area (Å²) in [5.41, 5.74) is 0.630. The lowest BCUT2D eigenvalue weighted by Gasteiger charge is -2.35. The molecule has 0 bridgehead atoms. The maximum atomic E-state index is 13.7. The maximum Gasteiger partial charge on any atom is 0.163 e. The number of hydrogen-bond acceptors (Lipinski definition) is 4. The molecule has 0 aromatic heterocycles. The van der Waals surface area contributed by atoms with Gasteiger partial charge in [0.1, 0.15) is 5.82 Å². The van der Waals surface area contributed by atoms with Crippen LogP contribution < -0.4 is 10.1 Å². The van der Waals surface area contributed by atoms with Gasteiger partial charge in [-0.2, -0.15) is 0 Å². The fourth-order valence-electron chi connectivity index (χ4n) is 2.81. The van der Waals surface area contributed by atoms with E-state index in [1.54, 1.807) is 0 Å². The number of rotatable bonds is 5. The third-order valence-electron chi connectivity index (χ3n) is 3.80. The Kier molecular flexibility index (Phi) is 5.20. The topological polar surface area (TPSA) is 44.7 Å². The quantitative estimate of drug-likeness (QED) is 0.870. The van der Waals surface area contributed by atoms with Crippen LogP contribution in [0.5, 0.6) is 11.5 Å². The first-order valence-corrected chi connectivity index (χ1v) is 7.18. The average Bonchev–Trinajstić information content (AvgIpc) is 2.48. The summed E-state index contributed by atoms with van der Waals surface area (Å²) in [6.07, 6.45) is 1.87. The van der Waals surface area contributed by atoms with Crippen LogP contribution in [0.1, 0.15) is 31.4 Å². The zero-order valence-corrected chi connectivity index (χ0v) is 12.2. The van der Waals surface area contributed by atoms with E-state index in [1.165, 1.54) is 19.2 Å². The Bertz CT molecular complexity index is 448. The first-order chi connectivity index (χ1) is 9.67. The molecule has 1 fully saturated rings. The van der Waals surface area contributed by atoms with Crippen molar-refractivity contribution in [3.8, 4) is 11.5 Å². The fraction of sp³-hybridized carbons (Fsp3) is 0.600. The largest absolute Gasteiger partial charge is 0.504 e. The Labute approximate surface area is 119 Å². The number of piperazine rings is 1. The van der Waals surface area contributed by atoms with Crippen molar-refractivity contribution in [1.82, 2.24) is 10.2 Å². The standard InChI is InChI=1S/C15H23FN2O2/c1-3-4-13(18-7-5-17-6-8-18)12-9-11(16)10-14(20-2)15(12)19/h9-10,13,17,19H,3-8H2,1-2H3/t13-/m0/s1. The Morgan fingerprint density at radius 1 is 1.40 bits per heavy atom. The van der Waals surface area contributed by atoms with Crippen LogP contribution in [0.4, 0.5) is 4.39 Å². The van der Waals surface area contributed by atoms with Crippen molar-refractivity contribution in [3.63, 3.8) is 0 Å². The van der Waals surface area contributed by atoms with Crippen molar-refractivity contribution in [2.45, 2.75) is 25.8 Å². The van der Waals surface area contributed by atoms with E-state index >= 15 is 0 Å². The minimum Gasteiger partial charge on any atom is -0.504 e. The monoisotopic (exact) mass is 282 g/mol. The molecule has 20 heavy (non-hydrogen) atoms. The van der Waals surface area contributed by atoms with Gasteiger partial charge in [-0.25, -0.2) is 4.39 Å². The van der Waals surface area contributed by atoms with Gasteiger partial charge in [0.05, 0.1) is 7.11 Å². The molecule has 0 amide bonds. The van der Waals surface area contributed by atoms with E-state index < -0.39 is 0 Å². The normalized spacial score (nSPS) is 17.9. The van der Waals surface area contributed by atoms with Crippen molar-refractivity contribution < 1.29 is 14.2 Å². The summed E-state index contributed by atoms with van der Waals surface area (Å²) in [6.45, 7) is 5.76. The molecule has 0 spiro atoms. The molecule has 0 aliphatic carbocycles. The third-order valence-corrected chi connectivity index (χ3v) is 3.80. The van der Waals surface area contributed by atoms with Gasteiger partial charge in [-0.05, 0) is 12.5 Å². The number of phenolic OH excluding ortho intramolecular Hbond substituents is 1. The fourth-order valence-corrected chi connectivity index (χ4v) is 2.81. The van der Waals surface area contributed by atoms with Crippen LogP contribution >= 0.6 is 0 Å². The predicted octanol–water partition coefficient (Wildman–Crippen LogP) is 2.29. The van der Waals surface area contributed by atoms with Gasteiger partial charge < -0.3 is 15.2 Å². The molecule has 112 valence electrons. The van der Waals surface area contributed by atoms with E-state index in [2.05, 4.69) is 17.1 Å². The number of nitrogens with zero attached hydrogens (tertiary/aromatic N) is 1. The molecule has 0 saturated carbocycles. The van der Waals surface area contributed by atoms with Crippen molar-refractivity contribution in [2.75, 3.05) is 33.3 Å². The highest BCUT2D eigenvalue weighted by atomic mass is 19.1. The number of ether oxygens (including phenoxy) is 1. The van der Waals surface area contributed by atoms with Gasteiger partial charge in [0.15, 0.2) is 11.5 Å². The number of halogens is 1. The minimum atomic E-state index is -0.370. The average molecular weight is 282 g/mol. The second-order valence-electron chi connectivity index (χ2n) is 5.14. The van der Waals surface area contributed by atoms with E-state index in [0.717, 1.165) is 39.0 Å². The molecule has 1 heterocycles. The summed E-state index contributed by atoms with van der Waals surface area (Å²) in [5.74, 6) is -0.104. The van der Waals surface area contributed by atoms with Crippen molar-refractivity contribution in [3.05, 3.63) is 23.5 Å². The lowest BCUT2D eigenvalue weighted by Crippen LogP contribution is -2.45. The molecule has 1 saturated heterocycles. The summed E-state index contributed by atoms with van der Waals surface area (Å²) in [6, 6.07) is 2.69. The van der Waals surface area contributed by atoms with Gasteiger partial charge in [0.25, 0.3) is 0 Å². The van der Waals surface area contributed by atoms with Crippen LogP contribution in [-0.2, 0) is 0 Å². The lowest BCUT2D eigenvalue weighted by molar-refractivity contribution is 0.161. The van der Waals surface area contributed by atoms with Gasteiger partial charge in [0, 0.05) is 43.9 Å². The first-order valence-electron chi connectivity index (χ1n) is 7.18. The predicted molar refractivity (Wildman–Crippen MR) is 76.7 cm³/mol. The van der Waals surface area contributed by atoms with Crippen LogP contribution in [0.25, 0.3) is 0 Å². The second-order valence-corrected chi connectivity index (χ2v) is 5.14. The van der Waals surface area contributed by atoms with Crippen LogP contribution in [0.15, 0.2) is 12.1 Å². The van der Waals surface area contributed by atoms with Crippen molar-refractivity contribution in [1.29, 1.82) is 0 Å². The maximum absolute atomic E-state index is 13.7. The van der Waals surface area contributed by atoms with E-state index in [4.69, 9.17) is 4.74 Å². The molecule has 2 rings (SSSR count). The molecule has 1 atom stereocenters. The number of nitrogens with one attached hydrogen (secondary N) is 1. The summed E-state index contributed by atoms with van der Waals surface area (Å²) >= 11 is 0. The van der Waals surface area contributed by atoms with Crippen molar-refractivity contribution in [2.24, 2.45) is 0 Å². The van der Waals surface area contributed by atoms with Crippen LogP contribution in [-0.4, -0.2) is 43.3 Å². The van der Waals surface area contributed by atoms with Gasteiger partial charge in [-0.1, -0.05) is 13.3 Å². The van der Waals surface area contributed by atoms with E-state index in [0.29, 0.717) is 5.56 Å². The molecule has 1 aliphatic heterocycles. The molecule has 1 aromatic carbocycles. The molecule has 1 aliphatic rings. The van der Waals surface area contributed by atoms with Gasteiger partial charge in [0.2, 0.25) is 0 Å². The summed E-state index contributed by atoms with van der Waals surface area (Å²) < 4.78 is 18.8. The highest BCUT2D eigenvalue weighted by Crippen LogP contribution is 2.39. The molecular weight excluding hydrogens is 259 g/mol. The molecule has 0 radical (unpaired) electrons. The number of benzene rings is 1. The smallest absolute Gasteiger partial charge is 0.163 e. The number of phenols is 1. The number of hydrogen-bond donors (Lipinski definition) is 2. The molecule has 4 nitrogen and oxygen atoms in total. The van der Waals surface area contributed by atoms with E-state index in [-0.39, 0.29) is 23.4 Å². The molecule has 2 N–H and O–H groups in total. The van der Waals surface area contributed by atoms with Crippen LogP contribution in [0.2, 0.25) is 0 Å². The molecule has 5 heteroatoms. The Morgan fingerprint density at radius 2 is 2.10 bits per heavy atom. The zero-order chi connectivity index (χ0) is 14.5. The zero-order valence-electron chi connectivity index (χ0n) is 12.2. The first kappa shape index (κ1) is 15.1. The van der Waals surface area contributed by atoms with Crippen LogP contribution in [0, 0.1) is 5.82 Å². The summed E-state index contributed by atoms with van der Waals surface area (Å²) in [5, 5.41) is 13.6. The minimum absolute atomic E-state index is 0.0340. The van der Waals surface area contributed by atoms with Gasteiger partial charge >= 0.3 is 0 Å². The number of methoxy groups -OCH3 is 1. The molecule has 1 aromatic rings. The second kappa shape index (κ2) is 6.90. The Balaban J connectivity index is 2.35. The lowest BCUT2D eigenvalue weighted by atomic mass is 9.98. The third kappa shape index (κ3) is 3.22. The van der Waals surface area contributed by atoms with E-state index in [9.17, 15) is 9.50 Å². The highest BCUT2D eigenvalue weighted by molar-refractivity contribution is 5.47. The Hall–Kier alpha value is -1.33. The van der Waals surface area contributed by atoms with Crippen LogP contribution in [0.3, 0.4) is 0 Å². The summed E-state index contributed by atoms with van der Waals surface area (Å²) in [4.78, 5) is 2.30. The van der Waals surface area contributed by atoms with Gasteiger partial charge in [-0.15, -0.1) is 0 Å². The number of aromatic hydroxyl groups is 1. The van der Waals surface area contributed by atoms with Gasteiger partial charge in [-0.3, -0.25) is 4.90 Å². The Morgan fingerprint density at radius 3 is 2.70 bits per heavy atom. The molecule has 0 unspecified atom stereocenters. The SMILES string of the molecule is CCC[C@@H](c1cc(F)cc(OC)c1O)N1CCNCC1. The van der Waals surface area contributed by atoms with Crippen molar-refractivity contribution >= 4 is 0 Å². The summed E-state index contributed by atoms with van der Waals surface area (Å²) in [7, 11) is 1.44. The highest BCUT2D eigenvalue weighted by Gasteiger charge is 2.26.